The number of aromatic amines is 1. The van der Waals surface area contributed by atoms with Gasteiger partial charge >= 0.3 is 0 Å². The van der Waals surface area contributed by atoms with Crippen molar-refractivity contribution in [1.82, 2.24) is 14.9 Å². The molecule has 0 atom stereocenters. The summed E-state index contributed by atoms with van der Waals surface area (Å²) in [5, 5.41) is 9.39. The van der Waals surface area contributed by atoms with Crippen molar-refractivity contribution in [2.24, 2.45) is 0 Å². The number of aromatic hydroxyl groups is 1. The Morgan fingerprint density at radius 2 is 2.04 bits per heavy atom. The fourth-order valence-electron chi connectivity index (χ4n) is 3.35. The normalized spacial score (nSPS) is 14.2. The molecule has 2 aromatic rings. The van der Waals surface area contributed by atoms with Crippen LogP contribution in [0.15, 0.2) is 30.3 Å². The van der Waals surface area contributed by atoms with Gasteiger partial charge in [-0.05, 0) is 67.7 Å². The summed E-state index contributed by atoms with van der Waals surface area (Å²) in [7, 11) is 0. The van der Waals surface area contributed by atoms with E-state index in [0.717, 1.165) is 35.5 Å². The zero-order valence-corrected chi connectivity index (χ0v) is 15.9. The molecule has 26 heavy (non-hydrogen) atoms. The highest BCUT2D eigenvalue weighted by molar-refractivity contribution is 7.71. The van der Waals surface area contributed by atoms with Gasteiger partial charge in [0.2, 0.25) is 5.91 Å². The SMILES string of the molecule is Cc1nc(=S)[nH]c(C)c1CCC(=O)N1CC=C(c2ccc(O)cc2)CC1. The molecule has 0 aliphatic carbocycles. The molecule has 1 amide bonds. The number of phenolic OH excluding ortho intramolecular Hbond substituents is 1. The van der Waals surface area contributed by atoms with E-state index in [1.165, 1.54) is 5.57 Å². The summed E-state index contributed by atoms with van der Waals surface area (Å²) in [6.45, 7) is 5.25. The van der Waals surface area contributed by atoms with E-state index in [2.05, 4.69) is 16.0 Å². The number of phenols is 1. The summed E-state index contributed by atoms with van der Waals surface area (Å²) in [5.74, 6) is 0.426. The van der Waals surface area contributed by atoms with Crippen LogP contribution in [-0.2, 0) is 11.2 Å². The Morgan fingerprint density at radius 3 is 2.65 bits per heavy atom. The molecule has 136 valence electrons. The third-order valence-corrected chi connectivity index (χ3v) is 5.04. The number of benzene rings is 1. The Labute approximate surface area is 158 Å². The molecule has 1 aliphatic rings. The molecule has 1 aromatic heterocycles. The lowest BCUT2D eigenvalue weighted by Crippen LogP contribution is -2.34. The highest BCUT2D eigenvalue weighted by Crippen LogP contribution is 2.24. The summed E-state index contributed by atoms with van der Waals surface area (Å²) >= 11 is 5.08. The molecule has 3 rings (SSSR count). The van der Waals surface area contributed by atoms with Crippen molar-refractivity contribution in [2.75, 3.05) is 13.1 Å². The number of carbonyl (C=O) groups is 1. The minimum Gasteiger partial charge on any atom is -0.508 e. The third kappa shape index (κ3) is 4.19. The fourth-order valence-corrected chi connectivity index (χ4v) is 3.64. The molecule has 0 spiro atoms. The van der Waals surface area contributed by atoms with Gasteiger partial charge in [-0.15, -0.1) is 0 Å². The Hall–Kier alpha value is -2.47. The van der Waals surface area contributed by atoms with Crippen molar-refractivity contribution in [3.63, 3.8) is 0 Å². The Bertz CT molecular complexity index is 874. The van der Waals surface area contributed by atoms with E-state index < -0.39 is 0 Å². The summed E-state index contributed by atoms with van der Waals surface area (Å²) < 4.78 is 0.484. The number of amides is 1. The maximum atomic E-state index is 12.6. The first-order valence-corrected chi connectivity index (χ1v) is 9.17. The van der Waals surface area contributed by atoms with Crippen molar-refractivity contribution in [1.29, 1.82) is 0 Å². The van der Waals surface area contributed by atoms with Crippen molar-refractivity contribution >= 4 is 23.7 Å². The van der Waals surface area contributed by atoms with E-state index in [1.54, 1.807) is 12.1 Å². The number of H-pyrrole nitrogens is 1. The van der Waals surface area contributed by atoms with Gasteiger partial charge in [-0.25, -0.2) is 4.98 Å². The lowest BCUT2D eigenvalue weighted by atomic mass is 9.99. The molecular formula is C20H23N3O2S. The van der Waals surface area contributed by atoms with Crippen molar-refractivity contribution in [3.05, 3.63) is 57.6 Å². The van der Waals surface area contributed by atoms with Crippen LogP contribution in [0.2, 0.25) is 0 Å². The molecule has 0 saturated heterocycles. The van der Waals surface area contributed by atoms with Gasteiger partial charge in [-0.3, -0.25) is 4.79 Å². The quantitative estimate of drug-likeness (QED) is 0.806. The Balaban J connectivity index is 1.60. The van der Waals surface area contributed by atoms with Crippen molar-refractivity contribution in [3.8, 4) is 5.75 Å². The van der Waals surface area contributed by atoms with Gasteiger partial charge < -0.3 is 15.0 Å². The molecule has 1 aromatic carbocycles. The molecule has 0 radical (unpaired) electrons. The van der Waals surface area contributed by atoms with Gasteiger partial charge in [-0.1, -0.05) is 18.2 Å². The molecule has 6 heteroatoms. The van der Waals surface area contributed by atoms with E-state index >= 15 is 0 Å². The highest BCUT2D eigenvalue weighted by Gasteiger charge is 2.18. The predicted octanol–water partition coefficient (Wildman–Crippen LogP) is 3.71. The molecule has 1 aliphatic heterocycles. The molecule has 0 fully saturated rings. The molecule has 2 heterocycles. The summed E-state index contributed by atoms with van der Waals surface area (Å²) in [6.07, 6.45) is 4.07. The Kier molecular flexibility index (Phi) is 5.52. The second-order valence-corrected chi connectivity index (χ2v) is 6.98. The number of aromatic nitrogens is 2. The van der Waals surface area contributed by atoms with Crippen LogP contribution in [0.3, 0.4) is 0 Å². The summed E-state index contributed by atoms with van der Waals surface area (Å²) in [6, 6.07) is 7.21. The number of aryl methyl sites for hydroxylation is 2. The van der Waals surface area contributed by atoms with Crippen LogP contribution in [-0.4, -0.2) is 39.0 Å². The minimum absolute atomic E-state index is 0.159. The number of nitrogens with one attached hydrogen (secondary N) is 1. The molecular weight excluding hydrogens is 346 g/mol. The number of hydrogen-bond donors (Lipinski definition) is 2. The van der Waals surface area contributed by atoms with Gasteiger partial charge in [0.25, 0.3) is 0 Å². The van der Waals surface area contributed by atoms with Crippen LogP contribution in [0.4, 0.5) is 0 Å². The number of nitrogens with zero attached hydrogens (tertiary/aromatic N) is 2. The van der Waals surface area contributed by atoms with Gasteiger partial charge in [0.05, 0.1) is 0 Å². The molecule has 0 saturated carbocycles. The third-order valence-electron chi connectivity index (χ3n) is 4.84. The van der Waals surface area contributed by atoms with Crippen LogP contribution in [0.5, 0.6) is 5.75 Å². The van der Waals surface area contributed by atoms with Gasteiger partial charge in [0, 0.05) is 30.9 Å². The fraction of sp³-hybridized carbons (Fsp3) is 0.350. The maximum Gasteiger partial charge on any atom is 0.223 e. The second kappa shape index (κ2) is 7.83. The average molecular weight is 369 g/mol. The van der Waals surface area contributed by atoms with Crippen LogP contribution < -0.4 is 0 Å². The Morgan fingerprint density at radius 1 is 1.31 bits per heavy atom. The van der Waals surface area contributed by atoms with E-state index in [4.69, 9.17) is 12.2 Å². The molecule has 2 N–H and O–H groups in total. The number of carbonyl (C=O) groups excluding carboxylic acids is 1. The summed E-state index contributed by atoms with van der Waals surface area (Å²) in [4.78, 5) is 21.8. The topological polar surface area (TPSA) is 69.2 Å². The van der Waals surface area contributed by atoms with Gasteiger partial charge in [0.1, 0.15) is 5.75 Å². The van der Waals surface area contributed by atoms with E-state index in [1.807, 2.05) is 30.9 Å². The van der Waals surface area contributed by atoms with Crippen LogP contribution in [0.25, 0.3) is 5.57 Å². The van der Waals surface area contributed by atoms with E-state index in [-0.39, 0.29) is 11.7 Å². The largest absolute Gasteiger partial charge is 0.508 e. The summed E-state index contributed by atoms with van der Waals surface area (Å²) in [5.41, 5.74) is 5.28. The first-order valence-electron chi connectivity index (χ1n) is 8.76. The highest BCUT2D eigenvalue weighted by atomic mass is 32.1. The smallest absolute Gasteiger partial charge is 0.223 e. The maximum absolute atomic E-state index is 12.6. The van der Waals surface area contributed by atoms with Crippen molar-refractivity contribution in [2.45, 2.75) is 33.1 Å². The second-order valence-electron chi connectivity index (χ2n) is 6.60. The zero-order valence-electron chi connectivity index (χ0n) is 15.1. The first kappa shape index (κ1) is 18.3. The standard InChI is InChI=1S/C20H23N3O2S/c1-13-18(14(2)22-20(26)21-13)7-8-19(25)23-11-9-16(10-12-23)15-3-5-17(24)6-4-15/h3-6,9,24H,7-8,10-12H2,1-2H3,(H,21,22,26). The van der Waals surface area contributed by atoms with E-state index in [9.17, 15) is 9.90 Å². The molecule has 0 unspecified atom stereocenters. The van der Waals surface area contributed by atoms with Crippen LogP contribution in [0.1, 0.15) is 35.4 Å². The monoisotopic (exact) mass is 369 g/mol. The lowest BCUT2D eigenvalue weighted by molar-refractivity contribution is -0.130. The van der Waals surface area contributed by atoms with E-state index in [0.29, 0.717) is 24.2 Å². The molecule has 0 bridgehead atoms. The lowest BCUT2D eigenvalue weighted by Gasteiger charge is -2.27. The van der Waals surface area contributed by atoms with Crippen molar-refractivity contribution < 1.29 is 9.90 Å². The van der Waals surface area contributed by atoms with Crippen LogP contribution >= 0.6 is 12.2 Å². The first-order chi connectivity index (χ1) is 12.4. The van der Waals surface area contributed by atoms with Gasteiger partial charge in [0.15, 0.2) is 4.77 Å². The number of rotatable bonds is 4. The average Bonchev–Trinajstić information content (AvgIpc) is 2.61. The van der Waals surface area contributed by atoms with Crippen LogP contribution in [0, 0.1) is 18.6 Å². The van der Waals surface area contributed by atoms with Gasteiger partial charge in [-0.2, -0.15) is 0 Å². The molecule has 5 nitrogen and oxygen atoms in total. The minimum atomic E-state index is 0.159. The predicted molar refractivity (Wildman–Crippen MR) is 104 cm³/mol. The zero-order chi connectivity index (χ0) is 18.7. The number of hydrogen-bond acceptors (Lipinski definition) is 4.